The van der Waals surface area contributed by atoms with Crippen molar-refractivity contribution in [1.29, 1.82) is 0 Å². The van der Waals surface area contributed by atoms with Crippen LogP contribution >= 0.6 is 23.1 Å². The predicted octanol–water partition coefficient (Wildman–Crippen LogP) is 3.56. The SMILES string of the molecule is CCOc1ccc(N2C(=O)C(SCCO)=C(c3cccs3)C2=O)cc1OCC. The lowest BCUT2D eigenvalue weighted by atomic mass is 10.2. The van der Waals surface area contributed by atoms with Crippen LogP contribution in [0.1, 0.15) is 18.7 Å². The Morgan fingerprint density at radius 1 is 1.07 bits per heavy atom. The summed E-state index contributed by atoms with van der Waals surface area (Å²) in [4.78, 5) is 28.5. The summed E-state index contributed by atoms with van der Waals surface area (Å²) < 4.78 is 11.2. The molecule has 0 aliphatic carbocycles. The molecule has 148 valence electrons. The monoisotopic (exact) mass is 419 g/mol. The van der Waals surface area contributed by atoms with Crippen LogP contribution in [0.3, 0.4) is 0 Å². The fourth-order valence-electron chi connectivity index (χ4n) is 2.84. The molecule has 6 nitrogen and oxygen atoms in total. The molecule has 0 atom stereocenters. The maximum Gasteiger partial charge on any atom is 0.272 e. The first-order valence-electron chi connectivity index (χ1n) is 8.92. The van der Waals surface area contributed by atoms with Crippen LogP contribution in [0.2, 0.25) is 0 Å². The molecule has 0 radical (unpaired) electrons. The number of thiophene rings is 1. The summed E-state index contributed by atoms with van der Waals surface area (Å²) in [6.45, 7) is 4.56. The van der Waals surface area contributed by atoms with Gasteiger partial charge in [-0.2, -0.15) is 0 Å². The van der Waals surface area contributed by atoms with Gasteiger partial charge in [0.2, 0.25) is 0 Å². The number of thioether (sulfide) groups is 1. The average molecular weight is 420 g/mol. The van der Waals surface area contributed by atoms with Crippen molar-refractivity contribution >= 4 is 46.2 Å². The molecule has 0 unspecified atom stereocenters. The van der Waals surface area contributed by atoms with Crippen LogP contribution in [0, 0.1) is 0 Å². The van der Waals surface area contributed by atoms with Gasteiger partial charge in [-0.25, -0.2) is 4.90 Å². The Bertz CT molecular complexity index is 892. The maximum absolute atomic E-state index is 13.2. The summed E-state index contributed by atoms with van der Waals surface area (Å²) in [5, 5.41) is 11.0. The highest BCUT2D eigenvalue weighted by atomic mass is 32.2. The molecular weight excluding hydrogens is 398 g/mol. The molecule has 2 aromatic rings. The number of nitrogens with zero attached hydrogens (tertiary/aromatic N) is 1. The molecule has 28 heavy (non-hydrogen) atoms. The summed E-state index contributed by atoms with van der Waals surface area (Å²) in [7, 11) is 0. The number of carbonyl (C=O) groups is 2. The van der Waals surface area contributed by atoms with Gasteiger partial charge in [0.15, 0.2) is 11.5 Å². The molecule has 1 N–H and O–H groups in total. The van der Waals surface area contributed by atoms with Gasteiger partial charge >= 0.3 is 0 Å². The van der Waals surface area contributed by atoms with Crippen LogP contribution in [0.4, 0.5) is 5.69 Å². The number of hydrogen-bond acceptors (Lipinski definition) is 7. The molecule has 0 saturated carbocycles. The number of amides is 2. The molecule has 0 bridgehead atoms. The Kier molecular flexibility index (Phi) is 6.77. The van der Waals surface area contributed by atoms with Gasteiger partial charge in [-0.15, -0.1) is 23.1 Å². The molecule has 0 saturated heterocycles. The van der Waals surface area contributed by atoms with Gasteiger partial charge in [-0.1, -0.05) is 6.07 Å². The molecule has 0 fully saturated rings. The minimum Gasteiger partial charge on any atom is -0.490 e. The zero-order valence-electron chi connectivity index (χ0n) is 15.6. The van der Waals surface area contributed by atoms with Crippen molar-refractivity contribution in [2.45, 2.75) is 13.8 Å². The topological polar surface area (TPSA) is 76.1 Å². The minimum atomic E-state index is -0.390. The van der Waals surface area contributed by atoms with E-state index in [0.29, 0.717) is 46.6 Å². The van der Waals surface area contributed by atoms with E-state index in [1.54, 1.807) is 18.2 Å². The van der Waals surface area contributed by atoms with E-state index in [1.165, 1.54) is 23.1 Å². The van der Waals surface area contributed by atoms with E-state index >= 15 is 0 Å². The van der Waals surface area contributed by atoms with Crippen molar-refractivity contribution in [2.24, 2.45) is 0 Å². The fraction of sp³-hybridized carbons (Fsp3) is 0.300. The Morgan fingerprint density at radius 2 is 1.82 bits per heavy atom. The Hall–Kier alpha value is -2.29. The number of benzene rings is 1. The lowest BCUT2D eigenvalue weighted by molar-refractivity contribution is -0.119. The van der Waals surface area contributed by atoms with Gasteiger partial charge in [0.05, 0.1) is 36.0 Å². The average Bonchev–Trinajstić information content (AvgIpc) is 3.28. The summed E-state index contributed by atoms with van der Waals surface area (Å²) in [6.07, 6.45) is 0. The third-order valence-corrected chi connectivity index (χ3v) is 5.87. The quantitative estimate of drug-likeness (QED) is 0.627. The van der Waals surface area contributed by atoms with Gasteiger partial charge in [-0.05, 0) is 37.4 Å². The zero-order valence-corrected chi connectivity index (χ0v) is 17.3. The first kappa shape index (κ1) is 20.4. The second-order valence-corrected chi connectivity index (χ2v) is 7.75. The lowest BCUT2D eigenvalue weighted by Crippen LogP contribution is -2.31. The van der Waals surface area contributed by atoms with Crippen LogP contribution in [-0.2, 0) is 9.59 Å². The first-order chi connectivity index (χ1) is 13.6. The van der Waals surface area contributed by atoms with Gasteiger partial charge in [0, 0.05) is 16.7 Å². The molecule has 1 aliphatic rings. The molecule has 1 aliphatic heterocycles. The summed E-state index contributed by atoms with van der Waals surface area (Å²) >= 11 is 2.60. The fourth-order valence-corrected chi connectivity index (χ4v) is 4.53. The number of rotatable bonds is 9. The van der Waals surface area contributed by atoms with Gasteiger partial charge in [-0.3, -0.25) is 9.59 Å². The van der Waals surface area contributed by atoms with Crippen molar-refractivity contribution in [3.05, 3.63) is 45.5 Å². The molecule has 1 aromatic heterocycles. The van der Waals surface area contributed by atoms with Crippen molar-refractivity contribution in [3.8, 4) is 11.5 Å². The van der Waals surface area contributed by atoms with E-state index < -0.39 is 5.91 Å². The van der Waals surface area contributed by atoms with E-state index in [9.17, 15) is 14.7 Å². The summed E-state index contributed by atoms with van der Waals surface area (Å²) in [6, 6.07) is 8.68. The Balaban J connectivity index is 2.01. The van der Waals surface area contributed by atoms with Crippen molar-refractivity contribution < 1.29 is 24.2 Å². The van der Waals surface area contributed by atoms with Crippen LogP contribution in [-0.4, -0.2) is 42.5 Å². The van der Waals surface area contributed by atoms with Gasteiger partial charge in [0.1, 0.15) is 0 Å². The third kappa shape index (κ3) is 3.94. The van der Waals surface area contributed by atoms with E-state index in [4.69, 9.17) is 9.47 Å². The number of aliphatic hydroxyl groups excluding tert-OH is 1. The number of carbonyl (C=O) groups excluding carboxylic acids is 2. The molecule has 2 heterocycles. The van der Waals surface area contributed by atoms with Gasteiger partial charge < -0.3 is 14.6 Å². The Morgan fingerprint density at radius 3 is 2.46 bits per heavy atom. The minimum absolute atomic E-state index is 0.0785. The van der Waals surface area contributed by atoms with Crippen LogP contribution < -0.4 is 14.4 Å². The molecular formula is C20H21NO5S2. The van der Waals surface area contributed by atoms with E-state index in [2.05, 4.69) is 0 Å². The number of aliphatic hydroxyl groups is 1. The summed E-state index contributed by atoms with van der Waals surface area (Å²) in [5.74, 6) is 0.618. The van der Waals surface area contributed by atoms with E-state index in [1.807, 2.05) is 31.4 Å². The zero-order chi connectivity index (χ0) is 20.1. The molecule has 3 rings (SSSR count). The third-order valence-electron chi connectivity index (χ3n) is 3.93. The highest BCUT2D eigenvalue weighted by molar-refractivity contribution is 8.04. The number of anilines is 1. The molecule has 1 aromatic carbocycles. The Labute approximate surface area is 171 Å². The molecule has 2 amide bonds. The van der Waals surface area contributed by atoms with Crippen LogP contribution in [0.15, 0.2) is 40.6 Å². The second-order valence-electron chi connectivity index (χ2n) is 5.70. The predicted molar refractivity (Wildman–Crippen MR) is 112 cm³/mol. The van der Waals surface area contributed by atoms with Crippen molar-refractivity contribution in [1.82, 2.24) is 0 Å². The highest BCUT2D eigenvalue weighted by Gasteiger charge is 2.40. The second kappa shape index (κ2) is 9.27. The number of imide groups is 1. The van der Waals surface area contributed by atoms with Crippen LogP contribution in [0.5, 0.6) is 11.5 Å². The highest BCUT2D eigenvalue weighted by Crippen LogP contribution is 2.41. The van der Waals surface area contributed by atoms with Crippen LogP contribution in [0.25, 0.3) is 5.57 Å². The lowest BCUT2D eigenvalue weighted by Gasteiger charge is -2.18. The smallest absolute Gasteiger partial charge is 0.272 e. The first-order valence-corrected chi connectivity index (χ1v) is 10.8. The number of ether oxygens (including phenoxy) is 2. The standard InChI is InChI=1S/C20H21NO5S2/c1-3-25-14-8-7-13(12-15(14)26-4-2)21-19(23)17(16-6-5-10-27-16)18(20(21)24)28-11-9-22/h5-8,10,12,22H,3-4,9,11H2,1-2H3. The van der Waals surface area contributed by atoms with E-state index in [-0.39, 0.29) is 12.5 Å². The summed E-state index contributed by atoms with van der Waals surface area (Å²) in [5.41, 5.74) is 0.806. The van der Waals surface area contributed by atoms with E-state index in [0.717, 1.165) is 9.78 Å². The number of hydrogen-bond donors (Lipinski definition) is 1. The molecule has 0 spiro atoms. The van der Waals surface area contributed by atoms with Crippen molar-refractivity contribution in [2.75, 3.05) is 30.5 Å². The normalized spacial score (nSPS) is 14.2. The largest absolute Gasteiger partial charge is 0.490 e. The van der Waals surface area contributed by atoms with Gasteiger partial charge in [0.25, 0.3) is 11.8 Å². The van der Waals surface area contributed by atoms with Crippen molar-refractivity contribution in [3.63, 3.8) is 0 Å². The molecule has 8 heteroatoms. The maximum atomic E-state index is 13.2.